The molecule has 0 aliphatic rings. The third kappa shape index (κ3) is 4.45. The first kappa shape index (κ1) is 31.4. The van der Waals surface area contributed by atoms with E-state index in [1.54, 1.807) is 0 Å². The molecule has 0 unspecified atom stereocenters. The van der Waals surface area contributed by atoms with Gasteiger partial charge in [0.2, 0.25) is 0 Å². The van der Waals surface area contributed by atoms with Crippen molar-refractivity contribution in [3.63, 3.8) is 0 Å². The molecule has 0 spiro atoms. The van der Waals surface area contributed by atoms with Gasteiger partial charge in [0.1, 0.15) is 22.3 Å². The fourth-order valence-corrected chi connectivity index (χ4v) is 9.52. The van der Waals surface area contributed by atoms with E-state index in [0.29, 0.717) is 0 Å². The first-order valence-corrected chi connectivity index (χ1v) is 19.7. The van der Waals surface area contributed by atoms with Gasteiger partial charge in [-0.3, -0.25) is 0 Å². The summed E-state index contributed by atoms with van der Waals surface area (Å²) < 4.78 is 17.4. The Morgan fingerprint density at radius 2 is 0.810 bits per heavy atom. The lowest BCUT2D eigenvalue weighted by atomic mass is 9.98. The zero-order chi connectivity index (χ0) is 37.9. The Labute approximate surface area is 332 Å². The third-order valence-electron chi connectivity index (χ3n) is 12.1. The maximum Gasteiger partial charge on any atom is 0.135 e. The monoisotopic (exact) mass is 740 g/mol. The van der Waals surface area contributed by atoms with Gasteiger partial charge in [-0.05, 0) is 107 Å². The lowest BCUT2D eigenvalue weighted by molar-refractivity contribution is 0.668. The summed E-state index contributed by atoms with van der Waals surface area (Å²) in [4.78, 5) is 0. The molecule has 270 valence electrons. The molecule has 0 saturated heterocycles. The molecule has 0 atom stereocenters. The number of hydrogen-bond donors (Lipinski definition) is 0. The van der Waals surface area contributed by atoms with Crippen LogP contribution in [0.25, 0.3) is 121 Å². The van der Waals surface area contributed by atoms with E-state index in [9.17, 15) is 0 Å². The van der Waals surface area contributed by atoms with Crippen LogP contribution < -0.4 is 0 Å². The summed E-state index contributed by atoms with van der Waals surface area (Å²) >= 11 is 0. The van der Waals surface area contributed by atoms with E-state index >= 15 is 0 Å². The van der Waals surface area contributed by atoms with Crippen molar-refractivity contribution in [3.8, 4) is 33.6 Å². The van der Waals surface area contributed by atoms with Crippen molar-refractivity contribution in [2.24, 2.45) is 0 Å². The van der Waals surface area contributed by atoms with Gasteiger partial charge in [-0.15, -0.1) is 0 Å². The lowest BCUT2D eigenvalue weighted by Gasteiger charge is -2.11. The topological polar surface area (TPSA) is 36.1 Å². The van der Waals surface area contributed by atoms with Crippen LogP contribution in [-0.4, -0.2) is 9.13 Å². The van der Waals surface area contributed by atoms with Gasteiger partial charge < -0.3 is 18.0 Å². The standard InChI is InChI=1S/C54H32N2O2/c1-2-11-36(12-3-1)55-46-17-7-4-13-39(46)40-25-21-35(31-49(40)55)38-16-10-19-48-54(38)42-15-5-8-18-47(42)56(48)37-24-28-53-45(32-37)44-30-34(23-27-52(44)58-53)33-22-26-51-43(29-33)41-14-6-9-20-50(41)57-51/h1-32H. The SMILES string of the molecule is c1ccc(-n2c3ccccc3c3ccc(-c4cccc5c4c4ccccc4n5-c4ccc5oc6ccc(-c7ccc8oc9ccccc9c8c7)cc6c5c4)cc32)cc1. The van der Waals surface area contributed by atoms with Crippen molar-refractivity contribution < 1.29 is 8.83 Å². The van der Waals surface area contributed by atoms with Crippen LogP contribution in [0.2, 0.25) is 0 Å². The smallest absolute Gasteiger partial charge is 0.135 e. The second-order valence-corrected chi connectivity index (χ2v) is 15.3. The number of rotatable bonds is 4. The van der Waals surface area contributed by atoms with Crippen molar-refractivity contribution in [2.75, 3.05) is 0 Å². The van der Waals surface area contributed by atoms with E-state index in [-0.39, 0.29) is 0 Å². The Balaban J connectivity index is 0.993. The second-order valence-electron chi connectivity index (χ2n) is 15.3. The van der Waals surface area contributed by atoms with Crippen LogP contribution in [0, 0.1) is 0 Å². The van der Waals surface area contributed by atoms with E-state index in [1.807, 2.05) is 12.1 Å². The molecule has 0 bridgehead atoms. The molecule has 4 heterocycles. The maximum absolute atomic E-state index is 6.46. The molecule has 0 fully saturated rings. The molecule has 4 nitrogen and oxygen atoms in total. The van der Waals surface area contributed by atoms with Crippen molar-refractivity contribution >= 4 is 87.5 Å². The van der Waals surface area contributed by atoms with E-state index in [4.69, 9.17) is 8.83 Å². The van der Waals surface area contributed by atoms with Crippen LogP contribution in [0.4, 0.5) is 0 Å². The van der Waals surface area contributed by atoms with Gasteiger partial charge in [0.15, 0.2) is 0 Å². The molecule has 0 saturated carbocycles. The molecule has 9 aromatic carbocycles. The molecule has 58 heavy (non-hydrogen) atoms. The molecule has 13 aromatic rings. The van der Waals surface area contributed by atoms with Crippen LogP contribution in [-0.2, 0) is 0 Å². The first-order chi connectivity index (χ1) is 28.7. The van der Waals surface area contributed by atoms with Crippen LogP contribution >= 0.6 is 0 Å². The average Bonchev–Trinajstić information content (AvgIpc) is 4.03. The molecule has 0 N–H and O–H groups in total. The van der Waals surface area contributed by atoms with Gasteiger partial charge >= 0.3 is 0 Å². The maximum atomic E-state index is 6.46. The zero-order valence-electron chi connectivity index (χ0n) is 31.2. The largest absolute Gasteiger partial charge is 0.456 e. The fourth-order valence-electron chi connectivity index (χ4n) is 9.52. The molecule has 0 aliphatic carbocycles. The minimum Gasteiger partial charge on any atom is -0.456 e. The number of aromatic nitrogens is 2. The van der Waals surface area contributed by atoms with Crippen LogP contribution in [0.3, 0.4) is 0 Å². The highest BCUT2D eigenvalue weighted by molar-refractivity contribution is 6.18. The highest BCUT2D eigenvalue weighted by Crippen LogP contribution is 2.42. The summed E-state index contributed by atoms with van der Waals surface area (Å²) in [6, 6.07) is 69.7. The van der Waals surface area contributed by atoms with Gasteiger partial charge in [-0.1, -0.05) is 109 Å². The lowest BCUT2D eigenvalue weighted by Crippen LogP contribution is -1.94. The summed E-state index contributed by atoms with van der Waals surface area (Å²) in [6.45, 7) is 0. The Morgan fingerprint density at radius 1 is 0.276 bits per heavy atom. The number of furan rings is 2. The van der Waals surface area contributed by atoms with Gasteiger partial charge in [-0.25, -0.2) is 0 Å². The Hall–Kier alpha value is -7.82. The van der Waals surface area contributed by atoms with Gasteiger partial charge in [0, 0.05) is 54.5 Å². The van der Waals surface area contributed by atoms with E-state index in [0.717, 1.165) is 77.4 Å². The Kier molecular flexibility index (Phi) is 6.41. The Morgan fingerprint density at radius 3 is 1.59 bits per heavy atom. The highest BCUT2D eigenvalue weighted by atomic mass is 16.3. The van der Waals surface area contributed by atoms with Crippen LogP contribution in [0.5, 0.6) is 0 Å². The quantitative estimate of drug-likeness (QED) is 0.180. The molecule has 0 amide bonds. The predicted octanol–water partition coefficient (Wildman–Crippen LogP) is 15.0. The van der Waals surface area contributed by atoms with Gasteiger partial charge in [-0.2, -0.15) is 0 Å². The summed E-state index contributed by atoms with van der Waals surface area (Å²) in [6.07, 6.45) is 0. The van der Waals surface area contributed by atoms with E-state index in [2.05, 4.69) is 191 Å². The normalized spacial score (nSPS) is 12.1. The van der Waals surface area contributed by atoms with E-state index < -0.39 is 0 Å². The van der Waals surface area contributed by atoms with Crippen molar-refractivity contribution in [3.05, 3.63) is 194 Å². The van der Waals surface area contributed by atoms with Crippen LogP contribution in [0.1, 0.15) is 0 Å². The number of hydrogen-bond acceptors (Lipinski definition) is 2. The Bertz CT molecular complexity index is 3800. The summed E-state index contributed by atoms with van der Waals surface area (Å²) in [7, 11) is 0. The number of nitrogens with zero attached hydrogens (tertiary/aromatic N) is 2. The predicted molar refractivity (Wildman–Crippen MR) is 241 cm³/mol. The fraction of sp³-hybridized carbons (Fsp3) is 0. The van der Waals surface area contributed by atoms with Crippen molar-refractivity contribution in [1.29, 1.82) is 0 Å². The minimum atomic E-state index is 0.871. The molecule has 0 radical (unpaired) electrons. The third-order valence-corrected chi connectivity index (χ3v) is 12.1. The zero-order valence-corrected chi connectivity index (χ0v) is 31.2. The molecular weight excluding hydrogens is 709 g/mol. The summed E-state index contributed by atoms with van der Waals surface area (Å²) in [5.41, 5.74) is 15.2. The van der Waals surface area contributed by atoms with E-state index in [1.165, 1.54) is 43.7 Å². The molecular formula is C54H32N2O2. The molecule has 13 rings (SSSR count). The van der Waals surface area contributed by atoms with Crippen molar-refractivity contribution in [1.82, 2.24) is 9.13 Å². The van der Waals surface area contributed by atoms with Crippen LogP contribution in [0.15, 0.2) is 203 Å². The van der Waals surface area contributed by atoms with Crippen molar-refractivity contribution in [2.45, 2.75) is 0 Å². The average molecular weight is 741 g/mol. The second kappa shape index (κ2) is 11.8. The highest BCUT2D eigenvalue weighted by Gasteiger charge is 2.20. The number of para-hydroxylation sites is 4. The molecule has 0 aliphatic heterocycles. The molecule has 4 heteroatoms. The first-order valence-electron chi connectivity index (χ1n) is 19.7. The van der Waals surface area contributed by atoms with Gasteiger partial charge in [0.25, 0.3) is 0 Å². The number of benzene rings is 9. The summed E-state index contributed by atoms with van der Waals surface area (Å²) in [5.74, 6) is 0. The summed E-state index contributed by atoms with van der Waals surface area (Å²) in [5, 5.41) is 9.39. The number of fused-ring (bicyclic) bond motifs is 12. The minimum absolute atomic E-state index is 0.871. The van der Waals surface area contributed by atoms with Gasteiger partial charge in [0.05, 0.1) is 22.1 Å². The molecule has 4 aromatic heterocycles.